The van der Waals surface area contributed by atoms with Crippen LogP contribution < -0.4 is 0 Å². The van der Waals surface area contributed by atoms with Crippen LogP contribution in [0.15, 0.2) is 18.2 Å². The van der Waals surface area contributed by atoms with Crippen molar-refractivity contribution in [2.75, 3.05) is 0 Å². The molecule has 3 rings (SSSR count). The van der Waals surface area contributed by atoms with E-state index in [9.17, 15) is 0 Å². The van der Waals surface area contributed by atoms with Crippen molar-refractivity contribution in [1.29, 1.82) is 0 Å². The van der Waals surface area contributed by atoms with Gasteiger partial charge >= 0.3 is 0 Å². The van der Waals surface area contributed by atoms with Gasteiger partial charge in [-0.3, -0.25) is 0 Å². The van der Waals surface area contributed by atoms with Crippen molar-refractivity contribution in [3.8, 4) is 0 Å². The summed E-state index contributed by atoms with van der Waals surface area (Å²) in [7, 11) is 0. The standard InChI is InChI=1S/C14H14ClN3S2/c1-7-13(20-9(3)16-7)8(2)18-12-5-4-10(15)6-11(12)17-14(18)19/h4-6,8H,1-3H3,(H,17,19). The zero-order chi connectivity index (χ0) is 14.4. The summed E-state index contributed by atoms with van der Waals surface area (Å²) < 4.78 is 2.83. The number of fused-ring (bicyclic) bond motifs is 1. The lowest BCUT2D eigenvalue weighted by molar-refractivity contribution is 0.655. The third-order valence-corrected chi connectivity index (χ3v) is 5.16. The van der Waals surface area contributed by atoms with Gasteiger partial charge in [0, 0.05) is 5.02 Å². The molecule has 2 heterocycles. The van der Waals surface area contributed by atoms with Crippen LogP contribution in [-0.2, 0) is 0 Å². The molecule has 1 aromatic carbocycles. The molecule has 0 fully saturated rings. The summed E-state index contributed by atoms with van der Waals surface area (Å²) in [6.07, 6.45) is 0. The molecule has 6 heteroatoms. The highest BCUT2D eigenvalue weighted by Crippen LogP contribution is 2.31. The molecule has 104 valence electrons. The Kier molecular flexibility index (Phi) is 3.44. The number of H-pyrrole nitrogens is 1. The highest BCUT2D eigenvalue weighted by Gasteiger charge is 2.18. The van der Waals surface area contributed by atoms with Crippen molar-refractivity contribution in [1.82, 2.24) is 14.5 Å². The van der Waals surface area contributed by atoms with E-state index in [-0.39, 0.29) is 6.04 Å². The monoisotopic (exact) mass is 323 g/mol. The lowest BCUT2D eigenvalue weighted by atomic mass is 10.2. The third kappa shape index (κ3) is 2.20. The van der Waals surface area contributed by atoms with Crippen molar-refractivity contribution < 1.29 is 0 Å². The topological polar surface area (TPSA) is 33.6 Å². The number of imidazole rings is 1. The maximum Gasteiger partial charge on any atom is 0.178 e. The molecule has 0 radical (unpaired) electrons. The van der Waals surface area contributed by atoms with Crippen molar-refractivity contribution in [2.45, 2.75) is 26.8 Å². The Balaban J connectivity index is 2.21. The lowest BCUT2D eigenvalue weighted by Crippen LogP contribution is -2.06. The van der Waals surface area contributed by atoms with Gasteiger partial charge < -0.3 is 9.55 Å². The molecule has 0 saturated heterocycles. The van der Waals surface area contributed by atoms with E-state index in [0.717, 1.165) is 21.7 Å². The van der Waals surface area contributed by atoms with Gasteiger partial charge in [0.2, 0.25) is 0 Å². The summed E-state index contributed by atoms with van der Waals surface area (Å²) in [4.78, 5) is 8.97. The number of thiazole rings is 1. The van der Waals surface area contributed by atoms with Gasteiger partial charge in [0.05, 0.1) is 32.7 Å². The van der Waals surface area contributed by atoms with Crippen molar-refractivity contribution in [3.63, 3.8) is 0 Å². The summed E-state index contributed by atoms with van der Waals surface area (Å²) in [5.74, 6) is 0. The molecule has 0 saturated carbocycles. The Labute approximate surface area is 131 Å². The quantitative estimate of drug-likeness (QED) is 0.671. The second-order valence-corrected chi connectivity index (χ2v) is 6.88. The first-order chi connectivity index (χ1) is 9.47. The number of rotatable bonds is 2. The molecular weight excluding hydrogens is 310 g/mol. The van der Waals surface area contributed by atoms with Crippen molar-refractivity contribution in [2.24, 2.45) is 0 Å². The predicted molar refractivity (Wildman–Crippen MR) is 87.5 cm³/mol. The molecule has 0 aliphatic heterocycles. The van der Waals surface area contributed by atoms with Crippen LogP contribution in [0.3, 0.4) is 0 Å². The van der Waals surface area contributed by atoms with Gasteiger partial charge in [0.25, 0.3) is 0 Å². The zero-order valence-corrected chi connectivity index (χ0v) is 13.8. The summed E-state index contributed by atoms with van der Waals surface area (Å²) >= 11 is 13.2. The molecule has 1 N–H and O–H groups in total. The molecule has 3 nitrogen and oxygen atoms in total. The van der Waals surface area contributed by atoms with Gasteiger partial charge in [-0.2, -0.15) is 0 Å². The second-order valence-electron chi connectivity index (χ2n) is 4.82. The van der Waals surface area contributed by atoms with Crippen molar-refractivity contribution >= 4 is 46.2 Å². The molecule has 3 aromatic rings. The first-order valence-electron chi connectivity index (χ1n) is 6.31. The van der Waals surface area contributed by atoms with Crippen LogP contribution in [0.5, 0.6) is 0 Å². The fraction of sp³-hybridized carbons (Fsp3) is 0.286. The average Bonchev–Trinajstić information content (AvgIpc) is 2.87. The maximum atomic E-state index is 6.03. The summed E-state index contributed by atoms with van der Waals surface area (Å²) in [6, 6.07) is 5.95. The molecule has 0 amide bonds. The SMILES string of the molecule is Cc1nc(C)c(C(C)n2c(=S)[nH]c3cc(Cl)ccc32)s1. The van der Waals surface area contributed by atoms with E-state index in [0.29, 0.717) is 9.79 Å². The fourth-order valence-corrected chi connectivity index (χ4v) is 4.05. The van der Waals surface area contributed by atoms with Crippen LogP contribution in [0, 0.1) is 18.6 Å². The van der Waals surface area contributed by atoms with E-state index < -0.39 is 0 Å². The van der Waals surface area contributed by atoms with E-state index in [2.05, 4.69) is 21.5 Å². The summed E-state index contributed by atoms with van der Waals surface area (Å²) in [5.41, 5.74) is 3.11. The highest BCUT2D eigenvalue weighted by atomic mass is 35.5. The van der Waals surface area contributed by atoms with Crippen LogP contribution in [0.4, 0.5) is 0 Å². The van der Waals surface area contributed by atoms with Crippen LogP contribution in [0.1, 0.15) is 28.5 Å². The minimum atomic E-state index is 0.156. The van der Waals surface area contributed by atoms with Crippen LogP contribution >= 0.6 is 35.2 Å². The normalized spacial score (nSPS) is 13.0. The number of halogens is 1. The minimum Gasteiger partial charge on any atom is -0.331 e. The van der Waals surface area contributed by atoms with E-state index in [1.807, 2.05) is 32.0 Å². The number of aromatic amines is 1. The molecule has 1 atom stereocenters. The van der Waals surface area contributed by atoms with Gasteiger partial charge in [-0.25, -0.2) is 4.98 Å². The smallest absolute Gasteiger partial charge is 0.178 e. The number of nitrogens with zero attached hydrogens (tertiary/aromatic N) is 2. The number of aryl methyl sites for hydroxylation is 2. The summed E-state index contributed by atoms with van der Waals surface area (Å²) in [5, 5.41) is 1.79. The largest absolute Gasteiger partial charge is 0.331 e. The molecular formula is C14H14ClN3S2. The van der Waals surface area contributed by atoms with Crippen LogP contribution in [-0.4, -0.2) is 14.5 Å². The lowest BCUT2D eigenvalue weighted by Gasteiger charge is -2.13. The molecule has 1 unspecified atom stereocenters. The average molecular weight is 324 g/mol. The number of hydrogen-bond donors (Lipinski definition) is 1. The molecule has 20 heavy (non-hydrogen) atoms. The maximum absolute atomic E-state index is 6.03. The van der Waals surface area contributed by atoms with E-state index >= 15 is 0 Å². The molecule has 2 aromatic heterocycles. The van der Waals surface area contributed by atoms with E-state index in [1.54, 1.807) is 11.3 Å². The first kappa shape index (κ1) is 13.8. The number of hydrogen-bond acceptors (Lipinski definition) is 3. The summed E-state index contributed by atoms with van der Waals surface area (Å²) in [6.45, 7) is 6.23. The van der Waals surface area contributed by atoms with Gasteiger partial charge in [-0.15, -0.1) is 11.3 Å². The van der Waals surface area contributed by atoms with Gasteiger partial charge in [0.15, 0.2) is 4.77 Å². The van der Waals surface area contributed by atoms with Crippen LogP contribution in [0.2, 0.25) is 5.02 Å². The Hall–Kier alpha value is -1.17. The minimum absolute atomic E-state index is 0.156. The third-order valence-electron chi connectivity index (χ3n) is 3.38. The number of benzene rings is 1. The highest BCUT2D eigenvalue weighted by molar-refractivity contribution is 7.71. The first-order valence-corrected chi connectivity index (χ1v) is 7.91. The van der Waals surface area contributed by atoms with Gasteiger partial charge in [-0.1, -0.05) is 11.6 Å². The predicted octanol–water partition coefficient (Wildman–Crippen LogP) is 5.03. The Morgan fingerprint density at radius 3 is 2.80 bits per heavy atom. The fourth-order valence-electron chi connectivity index (χ4n) is 2.54. The van der Waals surface area contributed by atoms with Gasteiger partial charge in [0.1, 0.15) is 0 Å². The Morgan fingerprint density at radius 2 is 2.15 bits per heavy atom. The van der Waals surface area contributed by atoms with Crippen LogP contribution in [0.25, 0.3) is 11.0 Å². The molecule has 0 spiro atoms. The Bertz CT molecular complexity index is 844. The molecule has 0 aliphatic carbocycles. The number of nitrogens with one attached hydrogen (secondary N) is 1. The Morgan fingerprint density at radius 1 is 1.40 bits per heavy atom. The van der Waals surface area contributed by atoms with E-state index in [1.165, 1.54) is 4.88 Å². The van der Waals surface area contributed by atoms with Crippen molar-refractivity contribution in [3.05, 3.63) is 43.6 Å². The van der Waals surface area contributed by atoms with E-state index in [4.69, 9.17) is 23.8 Å². The molecule has 0 bridgehead atoms. The second kappa shape index (κ2) is 4.98. The zero-order valence-electron chi connectivity index (χ0n) is 11.4. The number of aromatic nitrogens is 3. The molecule has 0 aliphatic rings. The van der Waals surface area contributed by atoms with Gasteiger partial charge in [-0.05, 0) is 51.2 Å².